The van der Waals surface area contributed by atoms with Crippen molar-refractivity contribution in [2.24, 2.45) is 0 Å². The Labute approximate surface area is 145 Å². The molecule has 0 spiro atoms. The predicted molar refractivity (Wildman–Crippen MR) is 100 cm³/mol. The second-order valence-electron chi connectivity index (χ2n) is 6.81. The largest absolute Gasteiger partial charge is 0.462 e. The predicted octanol–water partition coefficient (Wildman–Crippen LogP) is 7.01. The van der Waals surface area contributed by atoms with Crippen molar-refractivity contribution in [3.8, 4) is 0 Å². The molecule has 0 aromatic heterocycles. The molecular formula is C21H41O2. The van der Waals surface area contributed by atoms with Gasteiger partial charge in [-0.2, -0.15) is 0 Å². The van der Waals surface area contributed by atoms with Crippen LogP contribution in [0.15, 0.2) is 0 Å². The van der Waals surface area contributed by atoms with Gasteiger partial charge in [0.25, 0.3) is 0 Å². The third-order valence-corrected chi connectivity index (χ3v) is 4.53. The average Bonchev–Trinajstić information content (AvgIpc) is 2.56. The summed E-state index contributed by atoms with van der Waals surface area (Å²) in [6.45, 7) is 6.27. The van der Waals surface area contributed by atoms with Crippen LogP contribution in [0.5, 0.6) is 0 Å². The van der Waals surface area contributed by atoms with Crippen molar-refractivity contribution >= 4 is 5.97 Å². The quantitative estimate of drug-likeness (QED) is 0.212. The van der Waals surface area contributed by atoms with Crippen LogP contribution in [0.25, 0.3) is 0 Å². The summed E-state index contributed by atoms with van der Waals surface area (Å²) in [5.74, 6) is -0.149. The first kappa shape index (κ1) is 22.5. The summed E-state index contributed by atoms with van der Waals surface area (Å²) in [7, 11) is 0. The van der Waals surface area contributed by atoms with Crippen molar-refractivity contribution < 1.29 is 9.53 Å². The van der Waals surface area contributed by atoms with E-state index in [9.17, 15) is 4.79 Å². The first-order chi connectivity index (χ1) is 11.2. The molecule has 2 heteroatoms. The summed E-state index contributed by atoms with van der Waals surface area (Å²) >= 11 is 0. The van der Waals surface area contributed by atoms with Crippen LogP contribution in [-0.4, -0.2) is 12.1 Å². The highest BCUT2D eigenvalue weighted by Crippen LogP contribution is 2.17. The summed E-state index contributed by atoms with van der Waals surface area (Å²) in [4.78, 5) is 11.5. The van der Waals surface area contributed by atoms with Gasteiger partial charge in [0.15, 0.2) is 0 Å². The molecule has 0 fully saturated rings. The average molecular weight is 326 g/mol. The number of hydrogen-bond donors (Lipinski definition) is 0. The molecule has 2 nitrogen and oxygen atoms in total. The number of esters is 1. The zero-order valence-corrected chi connectivity index (χ0v) is 16.1. The number of carbonyl (C=O) groups is 1. The molecule has 0 heterocycles. The number of ether oxygens (including phenoxy) is 1. The van der Waals surface area contributed by atoms with Crippen LogP contribution in [0, 0.1) is 6.42 Å². The van der Waals surface area contributed by atoms with Crippen LogP contribution in [0.2, 0.25) is 0 Å². The van der Waals surface area contributed by atoms with E-state index in [0.29, 0.717) is 0 Å². The lowest BCUT2D eigenvalue weighted by Gasteiger charge is -2.17. The Morgan fingerprint density at radius 1 is 0.739 bits per heavy atom. The third kappa shape index (κ3) is 16.1. The second-order valence-corrected chi connectivity index (χ2v) is 6.81. The smallest absolute Gasteiger partial charge is 0.309 e. The fourth-order valence-corrected chi connectivity index (χ4v) is 2.98. The lowest BCUT2D eigenvalue weighted by molar-refractivity contribution is -0.145. The van der Waals surface area contributed by atoms with Gasteiger partial charge in [-0.25, -0.2) is 0 Å². The molecule has 0 aliphatic heterocycles. The highest BCUT2D eigenvalue weighted by Gasteiger charge is 2.13. The number of hydrogen-bond acceptors (Lipinski definition) is 2. The molecule has 0 aromatic carbocycles. The van der Waals surface area contributed by atoms with E-state index in [1.54, 1.807) is 13.3 Å². The lowest BCUT2D eigenvalue weighted by atomic mass is 10.0. The zero-order chi connectivity index (χ0) is 17.2. The third-order valence-electron chi connectivity index (χ3n) is 4.53. The Morgan fingerprint density at radius 2 is 1.13 bits per heavy atom. The molecule has 1 atom stereocenters. The van der Waals surface area contributed by atoms with Crippen LogP contribution < -0.4 is 0 Å². The van der Waals surface area contributed by atoms with Gasteiger partial charge in [-0.15, -0.1) is 0 Å². The number of carbonyl (C=O) groups excluding carboxylic acids is 1. The molecular weight excluding hydrogens is 284 g/mol. The summed E-state index contributed by atoms with van der Waals surface area (Å²) in [6, 6.07) is 0. The SMILES string of the molecule is C[CH]C(=O)OC(CCCCCCCC)CCCCCCCCC. The van der Waals surface area contributed by atoms with Gasteiger partial charge >= 0.3 is 5.97 Å². The Kier molecular flexibility index (Phi) is 17.4. The van der Waals surface area contributed by atoms with Crippen LogP contribution in [0.3, 0.4) is 0 Å². The van der Waals surface area contributed by atoms with Crippen LogP contribution >= 0.6 is 0 Å². The van der Waals surface area contributed by atoms with Crippen molar-refractivity contribution in [3.05, 3.63) is 6.42 Å². The highest BCUT2D eigenvalue weighted by molar-refractivity contribution is 5.78. The summed E-state index contributed by atoms with van der Waals surface area (Å²) in [5.41, 5.74) is 0. The number of unbranched alkanes of at least 4 members (excludes halogenated alkanes) is 11. The Bertz CT molecular complexity index is 250. The molecule has 0 saturated heterocycles. The molecule has 0 aliphatic rings. The molecule has 0 saturated carbocycles. The van der Waals surface area contributed by atoms with Gasteiger partial charge in [0.2, 0.25) is 0 Å². The van der Waals surface area contributed by atoms with Crippen molar-refractivity contribution in [1.29, 1.82) is 0 Å². The van der Waals surface area contributed by atoms with E-state index in [2.05, 4.69) is 13.8 Å². The van der Waals surface area contributed by atoms with E-state index < -0.39 is 0 Å². The van der Waals surface area contributed by atoms with Gasteiger partial charge in [0, 0.05) is 0 Å². The molecule has 0 N–H and O–H groups in total. The Hall–Kier alpha value is -0.530. The van der Waals surface area contributed by atoms with Crippen molar-refractivity contribution in [1.82, 2.24) is 0 Å². The maximum atomic E-state index is 11.5. The molecule has 0 amide bonds. The van der Waals surface area contributed by atoms with E-state index in [-0.39, 0.29) is 12.1 Å². The molecule has 137 valence electrons. The van der Waals surface area contributed by atoms with E-state index in [1.165, 1.54) is 83.5 Å². The molecule has 1 unspecified atom stereocenters. The van der Waals surface area contributed by atoms with Crippen molar-refractivity contribution in [3.63, 3.8) is 0 Å². The maximum Gasteiger partial charge on any atom is 0.309 e. The summed E-state index contributed by atoms with van der Waals surface area (Å²) in [5, 5.41) is 0. The van der Waals surface area contributed by atoms with Gasteiger partial charge in [0.05, 0.1) is 6.42 Å². The minimum Gasteiger partial charge on any atom is -0.462 e. The minimum atomic E-state index is -0.149. The van der Waals surface area contributed by atoms with E-state index in [4.69, 9.17) is 4.74 Å². The molecule has 0 rings (SSSR count). The van der Waals surface area contributed by atoms with Gasteiger partial charge in [-0.05, 0) is 25.7 Å². The molecule has 0 bridgehead atoms. The molecule has 23 heavy (non-hydrogen) atoms. The van der Waals surface area contributed by atoms with Crippen LogP contribution in [0.1, 0.15) is 117 Å². The fraction of sp³-hybridized carbons (Fsp3) is 0.905. The van der Waals surface area contributed by atoms with Crippen LogP contribution in [0.4, 0.5) is 0 Å². The Balaban J connectivity index is 3.75. The van der Waals surface area contributed by atoms with Gasteiger partial charge < -0.3 is 4.74 Å². The van der Waals surface area contributed by atoms with Crippen LogP contribution in [-0.2, 0) is 9.53 Å². The zero-order valence-electron chi connectivity index (χ0n) is 16.1. The summed E-state index contributed by atoms with van der Waals surface area (Å²) in [6.07, 6.45) is 20.8. The standard InChI is InChI=1S/C21H41O2/c1-4-7-9-11-13-15-17-19-20(23-21(22)6-3)18-16-14-12-10-8-5-2/h6,20H,4-5,7-19H2,1-3H3. The Morgan fingerprint density at radius 3 is 1.52 bits per heavy atom. The van der Waals surface area contributed by atoms with Crippen molar-refractivity contribution in [2.45, 2.75) is 123 Å². The van der Waals surface area contributed by atoms with Gasteiger partial charge in [-0.1, -0.05) is 91.4 Å². The first-order valence-electron chi connectivity index (χ1n) is 10.2. The summed E-state index contributed by atoms with van der Waals surface area (Å²) < 4.78 is 5.58. The molecule has 1 radical (unpaired) electrons. The maximum absolute atomic E-state index is 11.5. The normalized spacial score (nSPS) is 12.3. The number of rotatable bonds is 17. The lowest BCUT2D eigenvalue weighted by Crippen LogP contribution is -2.18. The monoisotopic (exact) mass is 325 g/mol. The fourth-order valence-electron chi connectivity index (χ4n) is 2.98. The minimum absolute atomic E-state index is 0.139. The highest BCUT2D eigenvalue weighted by atomic mass is 16.5. The topological polar surface area (TPSA) is 26.3 Å². The molecule has 0 aliphatic carbocycles. The van der Waals surface area contributed by atoms with E-state index >= 15 is 0 Å². The second kappa shape index (κ2) is 17.8. The van der Waals surface area contributed by atoms with E-state index in [0.717, 1.165) is 12.8 Å². The first-order valence-corrected chi connectivity index (χ1v) is 10.2. The van der Waals surface area contributed by atoms with E-state index in [1.807, 2.05) is 0 Å². The van der Waals surface area contributed by atoms with Gasteiger partial charge in [-0.3, -0.25) is 4.79 Å². The van der Waals surface area contributed by atoms with Crippen molar-refractivity contribution in [2.75, 3.05) is 0 Å². The van der Waals surface area contributed by atoms with Gasteiger partial charge in [0.1, 0.15) is 6.10 Å². The molecule has 0 aromatic rings.